The largest absolute Gasteiger partial charge is 0.481 e. The molecule has 4 heteroatoms. The first kappa shape index (κ1) is 12.0. The second-order valence-corrected chi connectivity index (χ2v) is 4.48. The lowest BCUT2D eigenvalue weighted by molar-refractivity contribution is -0.146. The first-order chi connectivity index (χ1) is 8.00. The maximum absolute atomic E-state index is 13.9. The van der Waals surface area contributed by atoms with E-state index in [9.17, 15) is 13.6 Å². The maximum atomic E-state index is 13.9. The number of benzene rings is 1. The van der Waals surface area contributed by atoms with Gasteiger partial charge in [-0.05, 0) is 30.4 Å². The third-order valence-corrected chi connectivity index (χ3v) is 3.27. The third kappa shape index (κ3) is 2.46. The van der Waals surface area contributed by atoms with E-state index in [1.807, 2.05) is 12.1 Å². The SMILES string of the molecule is O=C(O)CC(F)(F)C1CCCc2ccccc21. The number of halogens is 2. The number of hydrogen-bond acceptors (Lipinski definition) is 1. The van der Waals surface area contributed by atoms with Gasteiger partial charge in [0.25, 0.3) is 5.92 Å². The van der Waals surface area contributed by atoms with Crippen LogP contribution in [0.3, 0.4) is 0 Å². The molecule has 92 valence electrons. The van der Waals surface area contributed by atoms with Crippen molar-refractivity contribution in [2.75, 3.05) is 0 Å². The van der Waals surface area contributed by atoms with Gasteiger partial charge >= 0.3 is 5.97 Å². The summed E-state index contributed by atoms with van der Waals surface area (Å²) in [5.41, 5.74) is 1.54. The van der Waals surface area contributed by atoms with Gasteiger partial charge in [0.2, 0.25) is 0 Å². The Morgan fingerprint density at radius 2 is 2.12 bits per heavy atom. The lowest BCUT2D eigenvalue weighted by Crippen LogP contribution is -2.31. The van der Waals surface area contributed by atoms with E-state index in [1.54, 1.807) is 12.1 Å². The summed E-state index contributed by atoms with van der Waals surface area (Å²) in [4.78, 5) is 10.5. The second-order valence-electron chi connectivity index (χ2n) is 4.48. The Bertz CT molecular complexity index is 429. The molecule has 0 saturated carbocycles. The minimum absolute atomic E-state index is 0.358. The summed E-state index contributed by atoms with van der Waals surface area (Å²) in [5.74, 6) is -5.57. The quantitative estimate of drug-likeness (QED) is 0.880. The van der Waals surface area contributed by atoms with E-state index < -0.39 is 24.2 Å². The summed E-state index contributed by atoms with van der Waals surface area (Å²) in [5, 5.41) is 8.55. The summed E-state index contributed by atoms with van der Waals surface area (Å²) < 4.78 is 27.7. The Hall–Kier alpha value is -1.45. The molecule has 1 aliphatic carbocycles. The van der Waals surface area contributed by atoms with Crippen molar-refractivity contribution in [2.24, 2.45) is 0 Å². The van der Waals surface area contributed by atoms with Crippen LogP contribution in [0, 0.1) is 0 Å². The van der Waals surface area contributed by atoms with Crippen molar-refractivity contribution in [3.63, 3.8) is 0 Å². The lowest BCUT2D eigenvalue weighted by atomic mass is 9.78. The van der Waals surface area contributed by atoms with Gasteiger partial charge < -0.3 is 5.11 Å². The van der Waals surface area contributed by atoms with Crippen LogP contribution in [0.1, 0.15) is 36.3 Å². The molecule has 0 aliphatic heterocycles. The van der Waals surface area contributed by atoms with Gasteiger partial charge in [0.15, 0.2) is 0 Å². The molecule has 0 fully saturated rings. The van der Waals surface area contributed by atoms with Gasteiger partial charge in [-0.25, -0.2) is 8.78 Å². The van der Waals surface area contributed by atoms with Crippen LogP contribution in [0.4, 0.5) is 8.78 Å². The van der Waals surface area contributed by atoms with Crippen LogP contribution in [0.5, 0.6) is 0 Å². The fourth-order valence-electron chi connectivity index (χ4n) is 2.52. The number of carboxylic acids is 1. The highest BCUT2D eigenvalue weighted by Crippen LogP contribution is 2.43. The number of aliphatic carboxylic acids is 1. The lowest BCUT2D eigenvalue weighted by Gasteiger charge is -2.31. The Kier molecular flexibility index (Phi) is 3.13. The van der Waals surface area contributed by atoms with Crippen molar-refractivity contribution in [1.29, 1.82) is 0 Å². The minimum atomic E-state index is -3.16. The van der Waals surface area contributed by atoms with Crippen LogP contribution in [-0.4, -0.2) is 17.0 Å². The van der Waals surface area contributed by atoms with Crippen LogP contribution in [0.15, 0.2) is 24.3 Å². The highest BCUT2D eigenvalue weighted by atomic mass is 19.3. The van der Waals surface area contributed by atoms with Crippen molar-refractivity contribution < 1.29 is 18.7 Å². The van der Waals surface area contributed by atoms with Gasteiger partial charge in [0.05, 0.1) is 0 Å². The highest BCUT2D eigenvalue weighted by molar-refractivity contribution is 5.68. The van der Waals surface area contributed by atoms with E-state index in [0.29, 0.717) is 18.4 Å². The maximum Gasteiger partial charge on any atom is 0.309 e. The van der Waals surface area contributed by atoms with Crippen LogP contribution in [0.2, 0.25) is 0 Å². The van der Waals surface area contributed by atoms with Crippen molar-refractivity contribution in [3.05, 3.63) is 35.4 Å². The summed E-state index contributed by atoms with van der Waals surface area (Å²) in [7, 11) is 0. The molecule has 0 radical (unpaired) electrons. The summed E-state index contributed by atoms with van der Waals surface area (Å²) in [6.07, 6.45) is 0.760. The van der Waals surface area contributed by atoms with Crippen LogP contribution >= 0.6 is 0 Å². The Balaban J connectivity index is 2.32. The standard InChI is InChI=1S/C13H14F2O2/c14-13(15,8-12(16)17)11-7-3-5-9-4-1-2-6-10(9)11/h1-2,4,6,11H,3,5,7-8H2,(H,16,17). The predicted molar refractivity (Wildman–Crippen MR) is 59.3 cm³/mol. The molecule has 0 bridgehead atoms. The molecular formula is C13H14F2O2. The predicted octanol–water partition coefficient (Wildman–Crippen LogP) is 3.22. The van der Waals surface area contributed by atoms with Crippen molar-refractivity contribution >= 4 is 5.97 Å². The van der Waals surface area contributed by atoms with E-state index in [4.69, 9.17) is 5.11 Å². The molecule has 17 heavy (non-hydrogen) atoms. The van der Waals surface area contributed by atoms with Gasteiger partial charge in [-0.3, -0.25) is 4.79 Å². The molecule has 1 aromatic carbocycles. The van der Waals surface area contributed by atoms with E-state index in [2.05, 4.69) is 0 Å². The third-order valence-electron chi connectivity index (χ3n) is 3.27. The van der Waals surface area contributed by atoms with Crippen LogP contribution in [0.25, 0.3) is 0 Å². The van der Waals surface area contributed by atoms with Crippen LogP contribution < -0.4 is 0 Å². The monoisotopic (exact) mass is 240 g/mol. The molecule has 1 aromatic rings. The van der Waals surface area contributed by atoms with Gasteiger partial charge in [0, 0.05) is 5.92 Å². The molecule has 1 aliphatic rings. The summed E-state index contributed by atoms with van der Waals surface area (Å²) in [6.45, 7) is 0. The van der Waals surface area contributed by atoms with Gasteiger partial charge in [-0.1, -0.05) is 24.3 Å². The molecule has 0 spiro atoms. The van der Waals surface area contributed by atoms with E-state index >= 15 is 0 Å². The van der Waals surface area contributed by atoms with Gasteiger partial charge in [0.1, 0.15) is 6.42 Å². The normalized spacial score (nSPS) is 19.8. The van der Waals surface area contributed by atoms with E-state index in [-0.39, 0.29) is 0 Å². The van der Waals surface area contributed by atoms with Crippen LogP contribution in [-0.2, 0) is 11.2 Å². The summed E-state index contributed by atoms with van der Waals surface area (Å²) in [6, 6.07) is 7.10. The number of fused-ring (bicyclic) bond motifs is 1. The molecule has 1 atom stereocenters. The van der Waals surface area contributed by atoms with Gasteiger partial charge in [-0.2, -0.15) is 0 Å². The number of alkyl halides is 2. The number of carboxylic acid groups (broad SMARTS) is 1. The molecular weight excluding hydrogens is 226 g/mol. The average molecular weight is 240 g/mol. The number of carbonyl (C=O) groups is 1. The Morgan fingerprint density at radius 3 is 2.82 bits per heavy atom. The molecule has 1 unspecified atom stereocenters. The Morgan fingerprint density at radius 1 is 1.41 bits per heavy atom. The zero-order valence-electron chi connectivity index (χ0n) is 9.33. The average Bonchev–Trinajstić information content (AvgIpc) is 2.26. The number of hydrogen-bond donors (Lipinski definition) is 1. The smallest absolute Gasteiger partial charge is 0.309 e. The summed E-state index contributed by atoms with van der Waals surface area (Å²) >= 11 is 0. The number of aryl methyl sites for hydroxylation is 1. The topological polar surface area (TPSA) is 37.3 Å². The zero-order chi connectivity index (χ0) is 12.5. The molecule has 0 aromatic heterocycles. The molecule has 0 saturated heterocycles. The second kappa shape index (κ2) is 4.43. The fraction of sp³-hybridized carbons (Fsp3) is 0.462. The van der Waals surface area contributed by atoms with E-state index in [1.165, 1.54) is 0 Å². The van der Waals surface area contributed by atoms with Crippen molar-refractivity contribution in [2.45, 2.75) is 37.5 Å². The first-order valence-electron chi connectivity index (χ1n) is 5.68. The molecule has 0 amide bonds. The molecule has 1 N–H and O–H groups in total. The zero-order valence-corrected chi connectivity index (χ0v) is 9.33. The Labute approximate surface area is 98.3 Å². The molecule has 2 rings (SSSR count). The van der Waals surface area contributed by atoms with E-state index in [0.717, 1.165) is 12.0 Å². The highest BCUT2D eigenvalue weighted by Gasteiger charge is 2.43. The fourth-order valence-corrected chi connectivity index (χ4v) is 2.52. The number of rotatable bonds is 3. The first-order valence-corrected chi connectivity index (χ1v) is 5.68. The molecule has 2 nitrogen and oxygen atoms in total. The van der Waals surface area contributed by atoms with Gasteiger partial charge in [-0.15, -0.1) is 0 Å². The van der Waals surface area contributed by atoms with Crippen molar-refractivity contribution in [3.8, 4) is 0 Å². The minimum Gasteiger partial charge on any atom is -0.481 e. The van der Waals surface area contributed by atoms with Crippen molar-refractivity contribution in [1.82, 2.24) is 0 Å². The molecule has 0 heterocycles.